The van der Waals surface area contributed by atoms with Crippen molar-refractivity contribution < 1.29 is 0 Å². The highest BCUT2D eigenvalue weighted by molar-refractivity contribution is 5.93. The van der Waals surface area contributed by atoms with Crippen LogP contribution in [0.25, 0.3) is 22.0 Å². The summed E-state index contributed by atoms with van der Waals surface area (Å²) in [5, 5.41) is 7.96. The van der Waals surface area contributed by atoms with E-state index in [1.165, 1.54) is 10.9 Å². The molecule has 0 aliphatic carbocycles. The van der Waals surface area contributed by atoms with Crippen molar-refractivity contribution >= 4 is 10.9 Å². The van der Waals surface area contributed by atoms with Crippen molar-refractivity contribution in [1.29, 1.82) is 0 Å². The van der Waals surface area contributed by atoms with E-state index in [9.17, 15) is 0 Å². The van der Waals surface area contributed by atoms with Gasteiger partial charge in [-0.05, 0) is 18.6 Å². The van der Waals surface area contributed by atoms with Gasteiger partial charge in [0, 0.05) is 28.9 Å². The van der Waals surface area contributed by atoms with Crippen LogP contribution in [0.2, 0.25) is 0 Å². The number of pyridine rings is 1. The lowest BCUT2D eigenvalue weighted by Gasteiger charge is -2.03. The van der Waals surface area contributed by atoms with Crippen LogP contribution in [0.5, 0.6) is 0 Å². The smallest absolute Gasteiger partial charge is 0.0781 e. The number of para-hydroxylation sites is 1. The Morgan fingerprint density at radius 3 is 2.94 bits per heavy atom. The van der Waals surface area contributed by atoms with Crippen molar-refractivity contribution in [2.45, 2.75) is 6.92 Å². The largest absolute Gasteiger partial charge is 0.285 e. The topological polar surface area (TPSA) is 41.6 Å². The summed E-state index contributed by atoms with van der Waals surface area (Å²) in [5.41, 5.74) is 4.39. The highest BCUT2D eigenvalue weighted by atomic mass is 15.1. The first-order valence-electron chi connectivity index (χ1n) is 5.19. The minimum Gasteiger partial charge on any atom is -0.285 e. The van der Waals surface area contributed by atoms with E-state index < -0.39 is 0 Å². The minimum atomic E-state index is 1.02. The van der Waals surface area contributed by atoms with Crippen LogP contribution in [0.15, 0.2) is 42.9 Å². The van der Waals surface area contributed by atoms with E-state index in [0.717, 1.165) is 16.6 Å². The number of hydrogen-bond donors (Lipinski definition) is 1. The average Bonchev–Trinajstić information content (AvgIpc) is 2.81. The van der Waals surface area contributed by atoms with Crippen LogP contribution in [0.4, 0.5) is 0 Å². The Balaban J connectivity index is 2.34. The maximum absolute atomic E-state index is 4.50. The normalized spacial score (nSPS) is 10.8. The van der Waals surface area contributed by atoms with Crippen LogP contribution in [0.1, 0.15) is 5.56 Å². The lowest BCUT2D eigenvalue weighted by atomic mass is 10.0. The van der Waals surface area contributed by atoms with E-state index in [4.69, 9.17) is 0 Å². The van der Waals surface area contributed by atoms with Crippen molar-refractivity contribution in [3.05, 3.63) is 48.4 Å². The van der Waals surface area contributed by atoms with Gasteiger partial charge in [-0.3, -0.25) is 10.1 Å². The number of rotatable bonds is 1. The molecular formula is C13H11N3. The fraction of sp³-hybridized carbons (Fsp3) is 0.0769. The maximum Gasteiger partial charge on any atom is 0.0781 e. The van der Waals surface area contributed by atoms with Crippen molar-refractivity contribution in [2.75, 3.05) is 0 Å². The van der Waals surface area contributed by atoms with Crippen molar-refractivity contribution in [3.8, 4) is 11.1 Å². The molecule has 0 fully saturated rings. The molecule has 0 bridgehead atoms. The van der Waals surface area contributed by atoms with Gasteiger partial charge < -0.3 is 0 Å². The van der Waals surface area contributed by atoms with E-state index >= 15 is 0 Å². The first kappa shape index (κ1) is 9.09. The third-order valence-corrected chi connectivity index (χ3v) is 2.66. The standard InChI is InChI=1S/C13H11N3/c1-9-5-10-3-2-4-12(13(10)14-6-9)11-7-15-16-8-11/h2-8H,1H3,(H,15,16). The molecule has 3 rings (SSSR count). The molecule has 0 aliphatic heterocycles. The highest BCUT2D eigenvalue weighted by Crippen LogP contribution is 2.26. The Hall–Kier alpha value is -2.16. The van der Waals surface area contributed by atoms with Crippen LogP contribution in [-0.4, -0.2) is 15.2 Å². The maximum atomic E-state index is 4.50. The molecule has 0 atom stereocenters. The molecule has 0 unspecified atom stereocenters. The molecule has 1 N–H and O–H groups in total. The quantitative estimate of drug-likeness (QED) is 0.669. The Bertz CT molecular complexity index is 627. The predicted molar refractivity (Wildman–Crippen MR) is 64.1 cm³/mol. The average molecular weight is 209 g/mol. The van der Waals surface area contributed by atoms with Gasteiger partial charge in [-0.2, -0.15) is 5.10 Å². The van der Waals surface area contributed by atoms with Gasteiger partial charge in [0.1, 0.15) is 0 Å². The molecule has 3 heteroatoms. The van der Waals surface area contributed by atoms with Crippen LogP contribution >= 0.6 is 0 Å². The lowest BCUT2D eigenvalue weighted by Crippen LogP contribution is -1.84. The lowest BCUT2D eigenvalue weighted by molar-refractivity contribution is 1.09. The van der Waals surface area contributed by atoms with E-state index in [1.54, 1.807) is 0 Å². The van der Waals surface area contributed by atoms with Gasteiger partial charge in [-0.25, -0.2) is 0 Å². The second-order valence-corrected chi connectivity index (χ2v) is 3.88. The molecule has 1 aromatic carbocycles. The summed E-state index contributed by atoms with van der Waals surface area (Å²) in [6, 6.07) is 8.34. The van der Waals surface area contributed by atoms with Gasteiger partial charge in [-0.15, -0.1) is 0 Å². The zero-order valence-corrected chi connectivity index (χ0v) is 8.94. The molecule has 0 saturated carbocycles. The minimum absolute atomic E-state index is 1.02. The van der Waals surface area contributed by atoms with E-state index in [0.29, 0.717) is 0 Å². The number of nitrogens with one attached hydrogen (secondary N) is 1. The molecule has 3 aromatic rings. The monoisotopic (exact) mass is 209 g/mol. The zero-order chi connectivity index (χ0) is 11.0. The summed E-state index contributed by atoms with van der Waals surface area (Å²) in [6.07, 6.45) is 5.60. The highest BCUT2D eigenvalue weighted by Gasteiger charge is 2.05. The van der Waals surface area contributed by atoms with Gasteiger partial charge in [0.05, 0.1) is 11.7 Å². The summed E-state index contributed by atoms with van der Waals surface area (Å²) in [4.78, 5) is 4.50. The second-order valence-electron chi connectivity index (χ2n) is 3.88. The molecule has 0 saturated heterocycles. The van der Waals surface area contributed by atoms with Crippen LogP contribution in [0, 0.1) is 6.92 Å². The van der Waals surface area contributed by atoms with Gasteiger partial charge in [0.25, 0.3) is 0 Å². The van der Waals surface area contributed by atoms with E-state index in [2.05, 4.69) is 40.3 Å². The Morgan fingerprint density at radius 1 is 1.19 bits per heavy atom. The van der Waals surface area contributed by atoms with Gasteiger partial charge in [0.2, 0.25) is 0 Å². The SMILES string of the molecule is Cc1cnc2c(-c3cn[nH]c3)cccc2c1. The molecule has 16 heavy (non-hydrogen) atoms. The fourth-order valence-corrected chi connectivity index (χ4v) is 1.90. The number of aryl methyl sites for hydroxylation is 1. The molecule has 2 aromatic heterocycles. The molecular weight excluding hydrogens is 198 g/mol. The van der Waals surface area contributed by atoms with Gasteiger partial charge in [0.15, 0.2) is 0 Å². The molecule has 78 valence electrons. The number of fused-ring (bicyclic) bond motifs is 1. The molecule has 0 radical (unpaired) electrons. The molecule has 0 aliphatic rings. The predicted octanol–water partition coefficient (Wildman–Crippen LogP) is 2.93. The molecule has 0 amide bonds. The molecule has 0 spiro atoms. The van der Waals surface area contributed by atoms with Gasteiger partial charge in [-0.1, -0.05) is 18.2 Å². The third-order valence-electron chi connectivity index (χ3n) is 2.66. The fourth-order valence-electron chi connectivity index (χ4n) is 1.90. The van der Waals surface area contributed by atoms with Crippen molar-refractivity contribution in [2.24, 2.45) is 0 Å². The van der Waals surface area contributed by atoms with Crippen molar-refractivity contribution in [1.82, 2.24) is 15.2 Å². The number of aromatic amines is 1. The third kappa shape index (κ3) is 1.37. The molecule has 2 heterocycles. The summed E-state index contributed by atoms with van der Waals surface area (Å²) >= 11 is 0. The summed E-state index contributed by atoms with van der Waals surface area (Å²) in [7, 11) is 0. The number of aromatic nitrogens is 3. The Labute approximate surface area is 93.2 Å². The summed E-state index contributed by atoms with van der Waals surface area (Å²) in [5.74, 6) is 0. The first-order chi connectivity index (χ1) is 7.84. The van der Waals surface area contributed by atoms with Crippen LogP contribution in [-0.2, 0) is 0 Å². The first-order valence-corrected chi connectivity index (χ1v) is 5.19. The van der Waals surface area contributed by atoms with Crippen molar-refractivity contribution in [3.63, 3.8) is 0 Å². The second kappa shape index (κ2) is 3.45. The number of H-pyrrole nitrogens is 1. The van der Waals surface area contributed by atoms with E-state index in [-0.39, 0.29) is 0 Å². The summed E-state index contributed by atoms with van der Waals surface area (Å²) < 4.78 is 0. The van der Waals surface area contributed by atoms with Gasteiger partial charge >= 0.3 is 0 Å². The Kier molecular flexibility index (Phi) is 1.96. The van der Waals surface area contributed by atoms with Crippen LogP contribution in [0.3, 0.4) is 0 Å². The zero-order valence-electron chi connectivity index (χ0n) is 8.94. The van der Waals surface area contributed by atoms with E-state index in [1.807, 2.05) is 24.7 Å². The van der Waals surface area contributed by atoms with Crippen LogP contribution < -0.4 is 0 Å². The summed E-state index contributed by atoms with van der Waals surface area (Å²) in [6.45, 7) is 2.05. The number of nitrogens with zero attached hydrogens (tertiary/aromatic N) is 2. The number of benzene rings is 1. The Morgan fingerprint density at radius 2 is 2.12 bits per heavy atom. The number of hydrogen-bond acceptors (Lipinski definition) is 2. The molecule has 3 nitrogen and oxygen atoms in total.